The average molecular weight is 223 g/mol. The molecule has 1 aromatic carbocycles. The van der Waals surface area contributed by atoms with Gasteiger partial charge in [-0.3, -0.25) is 9.69 Å². The lowest BCUT2D eigenvalue weighted by molar-refractivity contribution is -0.148. The van der Waals surface area contributed by atoms with Crippen molar-refractivity contribution in [3.8, 4) is 0 Å². The van der Waals surface area contributed by atoms with Crippen molar-refractivity contribution in [2.75, 3.05) is 13.1 Å². The third-order valence-corrected chi connectivity index (χ3v) is 3.16. The van der Waals surface area contributed by atoms with Gasteiger partial charge in [0.15, 0.2) is 0 Å². The van der Waals surface area contributed by atoms with Crippen molar-refractivity contribution in [3.05, 3.63) is 35.6 Å². The predicted octanol–water partition coefficient (Wildman–Crippen LogP) is 1.90. The monoisotopic (exact) mass is 223 g/mol. The maximum atomic E-state index is 12.7. The first kappa shape index (κ1) is 11.1. The molecule has 0 aliphatic carbocycles. The fraction of sp³-hybridized carbons (Fsp3) is 0.417. The number of rotatable bonds is 3. The number of carboxylic acids is 1. The van der Waals surface area contributed by atoms with Crippen LogP contribution in [0.25, 0.3) is 0 Å². The van der Waals surface area contributed by atoms with Crippen LogP contribution in [-0.4, -0.2) is 29.1 Å². The van der Waals surface area contributed by atoms with E-state index < -0.39 is 5.97 Å². The summed E-state index contributed by atoms with van der Waals surface area (Å²) in [4.78, 5) is 12.7. The van der Waals surface area contributed by atoms with E-state index in [1.165, 1.54) is 12.1 Å². The summed E-state index contributed by atoms with van der Waals surface area (Å²) in [7, 11) is 0. The molecular weight excluding hydrogens is 209 g/mol. The molecule has 16 heavy (non-hydrogen) atoms. The van der Waals surface area contributed by atoms with Crippen LogP contribution in [0.3, 0.4) is 0 Å². The zero-order valence-corrected chi connectivity index (χ0v) is 9.06. The second-order valence-corrected chi connectivity index (χ2v) is 4.22. The Morgan fingerprint density at radius 2 is 2.00 bits per heavy atom. The number of carboxylic acid groups (broad SMARTS) is 1. The van der Waals surface area contributed by atoms with E-state index in [4.69, 9.17) is 5.11 Å². The van der Waals surface area contributed by atoms with Gasteiger partial charge in [0, 0.05) is 19.1 Å². The van der Waals surface area contributed by atoms with Crippen LogP contribution in [0.1, 0.15) is 18.5 Å². The normalized spacial score (nSPS) is 19.1. The van der Waals surface area contributed by atoms with E-state index in [2.05, 4.69) is 4.90 Å². The maximum absolute atomic E-state index is 12.7. The molecule has 1 saturated heterocycles. The first-order chi connectivity index (χ1) is 7.58. The third kappa shape index (κ3) is 2.07. The van der Waals surface area contributed by atoms with Crippen LogP contribution in [0.4, 0.5) is 4.39 Å². The Bertz CT molecular complexity index is 385. The van der Waals surface area contributed by atoms with E-state index in [0.29, 0.717) is 13.1 Å². The molecule has 1 heterocycles. The number of aliphatic carboxylic acids is 1. The van der Waals surface area contributed by atoms with E-state index in [-0.39, 0.29) is 17.8 Å². The quantitative estimate of drug-likeness (QED) is 0.850. The summed E-state index contributed by atoms with van der Waals surface area (Å²) in [5.41, 5.74) is 1.02. The number of carbonyl (C=O) groups is 1. The van der Waals surface area contributed by atoms with Gasteiger partial charge in [0.2, 0.25) is 0 Å². The molecule has 4 heteroatoms. The van der Waals surface area contributed by atoms with Gasteiger partial charge in [-0.2, -0.15) is 0 Å². The van der Waals surface area contributed by atoms with Gasteiger partial charge in [0.1, 0.15) is 5.82 Å². The smallest absolute Gasteiger partial charge is 0.309 e. The zero-order valence-electron chi connectivity index (χ0n) is 9.06. The van der Waals surface area contributed by atoms with Crippen LogP contribution in [0.5, 0.6) is 0 Å². The topological polar surface area (TPSA) is 40.5 Å². The highest BCUT2D eigenvalue weighted by Gasteiger charge is 2.35. The number of hydrogen-bond donors (Lipinski definition) is 1. The zero-order chi connectivity index (χ0) is 11.7. The van der Waals surface area contributed by atoms with Crippen molar-refractivity contribution < 1.29 is 14.3 Å². The fourth-order valence-electron chi connectivity index (χ4n) is 1.94. The summed E-state index contributed by atoms with van der Waals surface area (Å²) in [5, 5.41) is 8.76. The molecule has 2 rings (SSSR count). The highest BCUT2D eigenvalue weighted by molar-refractivity contribution is 5.71. The first-order valence-corrected chi connectivity index (χ1v) is 5.30. The second-order valence-electron chi connectivity index (χ2n) is 4.22. The molecule has 0 bridgehead atoms. The van der Waals surface area contributed by atoms with Crippen molar-refractivity contribution >= 4 is 5.97 Å². The van der Waals surface area contributed by atoms with Gasteiger partial charge in [-0.25, -0.2) is 4.39 Å². The third-order valence-electron chi connectivity index (χ3n) is 3.16. The standard InChI is InChI=1S/C12H14FNO2/c1-8(9-2-4-11(13)5-3-9)14-6-10(7-14)12(15)16/h2-5,8,10H,6-7H2,1H3,(H,15,16). The summed E-state index contributed by atoms with van der Waals surface area (Å²) in [6.45, 7) is 3.16. The minimum absolute atomic E-state index is 0.149. The summed E-state index contributed by atoms with van der Waals surface area (Å²) >= 11 is 0. The van der Waals surface area contributed by atoms with Gasteiger partial charge < -0.3 is 5.11 Å². The van der Waals surface area contributed by atoms with Crippen LogP contribution in [0, 0.1) is 11.7 Å². The molecule has 0 saturated carbocycles. The lowest BCUT2D eigenvalue weighted by atomic mass is 9.95. The fourth-order valence-corrected chi connectivity index (χ4v) is 1.94. The SMILES string of the molecule is CC(c1ccc(F)cc1)N1CC(C(=O)O)C1. The average Bonchev–Trinajstić information content (AvgIpc) is 2.15. The molecule has 0 spiro atoms. The van der Waals surface area contributed by atoms with Gasteiger partial charge in [0.25, 0.3) is 0 Å². The van der Waals surface area contributed by atoms with E-state index in [9.17, 15) is 9.18 Å². The molecule has 1 atom stereocenters. The molecule has 3 nitrogen and oxygen atoms in total. The molecule has 1 fully saturated rings. The minimum Gasteiger partial charge on any atom is -0.481 e. The van der Waals surface area contributed by atoms with Crippen LogP contribution in [0.2, 0.25) is 0 Å². The summed E-state index contributed by atoms with van der Waals surface area (Å²) in [5.74, 6) is -1.23. The Morgan fingerprint density at radius 1 is 1.44 bits per heavy atom. The van der Waals surface area contributed by atoms with Gasteiger partial charge in [0.05, 0.1) is 5.92 Å². The Labute approximate surface area is 93.5 Å². The van der Waals surface area contributed by atoms with Crippen LogP contribution < -0.4 is 0 Å². The Balaban J connectivity index is 1.97. The number of hydrogen-bond acceptors (Lipinski definition) is 2. The van der Waals surface area contributed by atoms with E-state index in [0.717, 1.165) is 5.56 Å². The Kier molecular flexibility index (Phi) is 2.92. The molecular formula is C12H14FNO2. The lowest BCUT2D eigenvalue weighted by Gasteiger charge is -2.41. The van der Waals surface area contributed by atoms with Gasteiger partial charge in [-0.15, -0.1) is 0 Å². The van der Waals surface area contributed by atoms with Crippen LogP contribution >= 0.6 is 0 Å². The van der Waals surface area contributed by atoms with Crippen molar-refractivity contribution in [1.29, 1.82) is 0 Å². The number of nitrogens with zero attached hydrogens (tertiary/aromatic N) is 1. The van der Waals surface area contributed by atoms with Gasteiger partial charge in [-0.1, -0.05) is 12.1 Å². The van der Waals surface area contributed by atoms with E-state index in [1.54, 1.807) is 12.1 Å². The van der Waals surface area contributed by atoms with E-state index >= 15 is 0 Å². The molecule has 1 aromatic rings. The predicted molar refractivity (Wildman–Crippen MR) is 57.5 cm³/mol. The van der Waals surface area contributed by atoms with Gasteiger partial charge in [-0.05, 0) is 24.6 Å². The summed E-state index contributed by atoms with van der Waals surface area (Å²) in [6, 6.07) is 6.50. The van der Waals surface area contributed by atoms with Crippen molar-refractivity contribution in [3.63, 3.8) is 0 Å². The second kappa shape index (κ2) is 4.22. The van der Waals surface area contributed by atoms with Crippen LogP contribution in [0.15, 0.2) is 24.3 Å². The molecule has 1 unspecified atom stereocenters. The molecule has 1 N–H and O–H groups in total. The van der Waals surface area contributed by atoms with Crippen molar-refractivity contribution in [2.24, 2.45) is 5.92 Å². The molecule has 1 aliphatic rings. The van der Waals surface area contributed by atoms with Crippen molar-refractivity contribution in [2.45, 2.75) is 13.0 Å². The number of likely N-dealkylation sites (tertiary alicyclic amines) is 1. The number of halogens is 1. The highest BCUT2D eigenvalue weighted by Crippen LogP contribution is 2.28. The molecule has 0 aromatic heterocycles. The largest absolute Gasteiger partial charge is 0.481 e. The Hall–Kier alpha value is -1.42. The number of benzene rings is 1. The van der Waals surface area contributed by atoms with Crippen LogP contribution in [-0.2, 0) is 4.79 Å². The lowest BCUT2D eigenvalue weighted by Crippen LogP contribution is -2.51. The van der Waals surface area contributed by atoms with Crippen molar-refractivity contribution in [1.82, 2.24) is 4.90 Å². The first-order valence-electron chi connectivity index (χ1n) is 5.30. The molecule has 86 valence electrons. The van der Waals surface area contributed by atoms with E-state index in [1.807, 2.05) is 6.92 Å². The highest BCUT2D eigenvalue weighted by atomic mass is 19.1. The Morgan fingerprint density at radius 3 is 2.50 bits per heavy atom. The summed E-state index contributed by atoms with van der Waals surface area (Å²) < 4.78 is 12.7. The summed E-state index contributed by atoms with van der Waals surface area (Å²) in [6.07, 6.45) is 0. The minimum atomic E-state index is -0.734. The maximum Gasteiger partial charge on any atom is 0.309 e. The molecule has 1 aliphatic heterocycles. The van der Waals surface area contributed by atoms with Gasteiger partial charge >= 0.3 is 5.97 Å². The molecule has 0 radical (unpaired) electrons. The molecule has 0 amide bonds.